The van der Waals surface area contributed by atoms with Crippen LogP contribution in [0.25, 0.3) is 0 Å². The lowest BCUT2D eigenvalue weighted by Gasteiger charge is -2.29. The number of carbonyl (C=O) groups excluding carboxylic acids is 2. The third kappa shape index (κ3) is 5.68. The average Bonchev–Trinajstić information content (AvgIpc) is 2.60. The SMILES string of the molecule is CC(C)CN(CCC(=O)N1CCNCC1)C(=O)c1ccc(F)c(Cl)c1. The lowest BCUT2D eigenvalue weighted by atomic mass is 10.1. The number of benzene rings is 1. The van der Waals surface area contributed by atoms with E-state index in [0.29, 0.717) is 31.7 Å². The molecule has 1 heterocycles. The predicted octanol–water partition coefficient (Wildman–Crippen LogP) is 2.40. The van der Waals surface area contributed by atoms with Gasteiger partial charge in [-0.25, -0.2) is 4.39 Å². The molecule has 1 fully saturated rings. The molecule has 1 aromatic rings. The maximum absolute atomic E-state index is 13.3. The normalized spacial score (nSPS) is 14.7. The van der Waals surface area contributed by atoms with E-state index >= 15 is 0 Å². The molecule has 138 valence electrons. The van der Waals surface area contributed by atoms with Gasteiger partial charge >= 0.3 is 0 Å². The number of amides is 2. The first-order valence-electron chi connectivity index (χ1n) is 8.61. The number of hydrogen-bond acceptors (Lipinski definition) is 3. The van der Waals surface area contributed by atoms with E-state index in [9.17, 15) is 14.0 Å². The molecule has 0 radical (unpaired) electrons. The van der Waals surface area contributed by atoms with E-state index < -0.39 is 5.82 Å². The van der Waals surface area contributed by atoms with E-state index in [1.165, 1.54) is 18.2 Å². The van der Waals surface area contributed by atoms with Crippen molar-refractivity contribution in [2.75, 3.05) is 39.3 Å². The number of piperazine rings is 1. The second kappa shape index (κ2) is 9.15. The molecule has 0 spiro atoms. The Morgan fingerprint density at radius 3 is 2.60 bits per heavy atom. The molecule has 7 heteroatoms. The van der Waals surface area contributed by atoms with Crippen LogP contribution in [0.1, 0.15) is 30.6 Å². The molecule has 1 aromatic carbocycles. The van der Waals surface area contributed by atoms with Crippen molar-refractivity contribution >= 4 is 23.4 Å². The Bertz CT molecular complexity index is 618. The summed E-state index contributed by atoms with van der Waals surface area (Å²) < 4.78 is 13.3. The Kier molecular flexibility index (Phi) is 7.20. The van der Waals surface area contributed by atoms with Crippen LogP contribution < -0.4 is 5.32 Å². The van der Waals surface area contributed by atoms with Crippen LogP contribution in [0.3, 0.4) is 0 Å². The molecule has 2 amide bonds. The molecule has 0 aromatic heterocycles. The largest absolute Gasteiger partial charge is 0.340 e. The highest BCUT2D eigenvalue weighted by molar-refractivity contribution is 6.31. The number of nitrogens with zero attached hydrogens (tertiary/aromatic N) is 2. The molecule has 0 atom stereocenters. The Morgan fingerprint density at radius 1 is 1.32 bits per heavy atom. The summed E-state index contributed by atoms with van der Waals surface area (Å²) in [7, 11) is 0. The lowest BCUT2D eigenvalue weighted by Crippen LogP contribution is -2.47. The minimum Gasteiger partial charge on any atom is -0.340 e. The van der Waals surface area contributed by atoms with Crippen molar-refractivity contribution in [2.45, 2.75) is 20.3 Å². The maximum atomic E-state index is 13.3. The van der Waals surface area contributed by atoms with Gasteiger partial charge in [-0.15, -0.1) is 0 Å². The summed E-state index contributed by atoms with van der Waals surface area (Å²) in [6.45, 7) is 7.89. The number of carbonyl (C=O) groups is 2. The summed E-state index contributed by atoms with van der Waals surface area (Å²) in [4.78, 5) is 28.5. The number of halogens is 2. The lowest BCUT2D eigenvalue weighted by molar-refractivity contribution is -0.132. The molecule has 25 heavy (non-hydrogen) atoms. The fourth-order valence-corrected chi connectivity index (χ4v) is 3.01. The second-order valence-corrected chi connectivity index (χ2v) is 7.06. The van der Waals surface area contributed by atoms with E-state index in [2.05, 4.69) is 5.32 Å². The molecule has 0 saturated carbocycles. The monoisotopic (exact) mass is 369 g/mol. The summed E-state index contributed by atoms with van der Waals surface area (Å²) in [5.41, 5.74) is 0.335. The fourth-order valence-electron chi connectivity index (χ4n) is 2.83. The number of nitrogens with one attached hydrogen (secondary N) is 1. The van der Waals surface area contributed by atoms with Gasteiger partial charge in [0.2, 0.25) is 5.91 Å². The van der Waals surface area contributed by atoms with Crippen LogP contribution in [-0.2, 0) is 4.79 Å². The van der Waals surface area contributed by atoms with Gasteiger partial charge in [0.1, 0.15) is 5.82 Å². The van der Waals surface area contributed by atoms with Crippen LogP contribution >= 0.6 is 11.6 Å². The van der Waals surface area contributed by atoms with Gasteiger partial charge in [-0.2, -0.15) is 0 Å². The van der Waals surface area contributed by atoms with Crippen molar-refractivity contribution in [3.63, 3.8) is 0 Å². The molecule has 1 N–H and O–H groups in total. The molecular weight excluding hydrogens is 345 g/mol. The molecule has 1 aliphatic rings. The highest BCUT2D eigenvalue weighted by atomic mass is 35.5. The molecule has 0 bridgehead atoms. The van der Waals surface area contributed by atoms with Gasteiger partial charge in [0.25, 0.3) is 5.91 Å². The first-order chi connectivity index (χ1) is 11.9. The van der Waals surface area contributed by atoms with E-state index in [1.54, 1.807) is 4.90 Å². The molecule has 0 aliphatic carbocycles. The van der Waals surface area contributed by atoms with Crippen LogP contribution in [0, 0.1) is 11.7 Å². The number of hydrogen-bond donors (Lipinski definition) is 1. The van der Waals surface area contributed by atoms with Crippen LogP contribution in [0.2, 0.25) is 5.02 Å². The molecule has 0 unspecified atom stereocenters. The zero-order valence-electron chi connectivity index (χ0n) is 14.7. The van der Waals surface area contributed by atoms with E-state index in [1.807, 2.05) is 18.7 Å². The minimum absolute atomic E-state index is 0.0557. The van der Waals surface area contributed by atoms with Crippen LogP contribution in [-0.4, -0.2) is 60.9 Å². The van der Waals surface area contributed by atoms with Gasteiger partial charge in [-0.05, 0) is 24.1 Å². The summed E-state index contributed by atoms with van der Waals surface area (Å²) in [5.74, 6) is -0.472. The van der Waals surface area contributed by atoms with E-state index in [0.717, 1.165) is 13.1 Å². The third-order valence-corrected chi connectivity index (χ3v) is 4.39. The van der Waals surface area contributed by atoms with Crippen LogP contribution in [0.5, 0.6) is 0 Å². The Morgan fingerprint density at radius 2 is 2.00 bits per heavy atom. The maximum Gasteiger partial charge on any atom is 0.253 e. The fraction of sp³-hybridized carbons (Fsp3) is 0.556. The standard InChI is InChI=1S/C18H25ClFN3O2/c1-13(2)12-23(8-5-17(24)22-9-6-21-7-10-22)18(25)14-3-4-16(20)15(19)11-14/h3-4,11,13,21H,5-10,12H2,1-2H3. The predicted molar refractivity (Wildman–Crippen MR) is 96.2 cm³/mol. The van der Waals surface area contributed by atoms with Gasteiger partial charge in [0, 0.05) is 51.3 Å². The highest BCUT2D eigenvalue weighted by Crippen LogP contribution is 2.18. The zero-order valence-corrected chi connectivity index (χ0v) is 15.5. The van der Waals surface area contributed by atoms with Gasteiger partial charge in [-0.1, -0.05) is 25.4 Å². The van der Waals surface area contributed by atoms with Gasteiger partial charge in [0.05, 0.1) is 5.02 Å². The first kappa shape index (κ1) is 19.7. The van der Waals surface area contributed by atoms with E-state index in [4.69, 9.17) is 11.6 Å². The minimum atomic E-state index is -0.553. The third-order valence-electron chi connectivity index (χ3n) is 4.10. The van der Waals surface area contributed by atoms with Gasteiger partial charge in [0.15, 0.2) is 0 Å². The van der Waals surface area contributed by atoms with Crippen LogP contribution in [0.15, 0.2) is 18.2 Å². The first-order valence-corrected chi connectivity index (χ1v) is 8.99. The van der Waals surface area contributed by atoms with Crippen molar-refractivity contribution in [3.05, 3.63) is 34.6 Å². The van der Waals surface area contributed by atoms with Gasteiger partial charge in [-0.3, -0.25) is 9.59 Å². The summed E-state index contributed by atoms with van der Waals surface area (Å²) in [6.07, 6.45) is 0.285. The second-order valence-electron chi connectivity index (χ2n) is 6.65. The quantitative estimate of drug-likeness (QED) is 0.837. The van der Waals surface area contributed by atoms with Crippen molar-refractivity contribution in [2.24, 2.45) is 5.92 Å². The summed E-state index contributed by atoms with van der Waals surface area (Å²) in [6, 6.07) is 3.95. The van der Waals surface area contributed by atoms with Crippen molar-refractivity contribution in [3.8, 4) is 0 Å². The zero-order chi connectivity index (χ0) is 18.4. The smallest absolute Gasteiger partial charge is 0.253 e. The highest BCUT2D eigenvalue weighted by Gasteiger charge is 2.21. The molecule has 1 aliphatic heterocycles. The number of rotatable bonds is 6. The van der Waals surface area contributed by atoms with Crippen molar-refractivity contribution < 1.29 is 14.0 Å². The molecule has 1 saturated heterocycles. The average molecular weight is 370 g/mol. The molecular formula is C18H25ClFN3O2. The van der Waals surface area contributed by atoms with E-state index in [-0.39, 0.29) is 29.2 Å². The Balaban J connectivity index is 2.02. The Hall–Kier alpha value is -1.66. The summed E-state index contributed by atoms with van der Waals surface area (Å²) in [5, 5.41) is 3.13. The summed E-state index contributed by atoms with van der Waals surface area (Å²) >= 11 is 5.78. The van der Waals surface area contributed by atoms with Crippen molar-refractivity contribution in [1.82, 2.24) is 15.1 Å². The van der Waals surface area contributed by atoms with Gasteiger partial charge < -0.3 is 15.1 Å². The molecule has 5 nitrogen and oxygen atoms in total. The van der Waals surface area contributed by atoms with Crippen LogP contribution in [0.4, 0.5) is 4.39 Å². The topological polar surface area (TPSA) is 52.7 Å². The van der Waals surface area contributed by atoms with Crippen molar-refractivity contribution in [1.29, 1.82) is 0 Å². The molecule has 2 rings (SSSR count). The Labute approximate surface area is 153 Å².